The topological polar surface area (TPSA) is 69.5 Å². The lowest BCUT2D eigenvalue weighted by molar-refractivity contribution is 1.17. The Balaban J connectivity index is 2.24. The molecule has 3 rings (SSSR count). The fourth-order valence-corrected chi connectivity index (χ4v) is 2.22. The minimum Gasteiger partial charge on any atom is -0.313 e. The van der Waals surface area contributed by atoms with Gasteiger partial charge in [0.25, 0.3) is 5.56 Å². The zero-order valence-electron chi connectivity index (χ0n) is 12.0. The second kappa shape index (κ2) is 5.43. The van der Waals surface area contributed by atoms with Crippen LogP contribution >= 0.6 is 0 Å². The second-order valence-electron chi connectivity index (χ2n) is 4.46. The number of H-pyrrole nitrogens is 1. The SMILES string of the molecule is [2H]n1cnc2ccc(C(=CC#N)c3ccccc3)cc2c1=O. The zero-order chi connectivity index (χ0) is 15.5. The first kappa shape index (κ1) is 11.6. The van der Waals surface area contributed by atoms with Crippen LogP contribution in [0.2, 0.25) is 1.41 Å². The molecule has 0 unspecified atom stereocenters. The molecule has 1 N–H and O–H groups in total. The summed E-state index contributed by atoms with van der Waals surface area (Å²) >= 11 is 0. The number of fused-ring (bicyclic) bond motifs is 1. The molecule has 0 radical (unpaired) electrons. The van der Waals surface area contributed by atoms with E-state index in [2.05, 4.69) is 4.98 Å². The minimum atomic E-state index is -0.434. The fourth-order valence-electron chi connectivity index (χ4n) is 2.22. The van der Waals surface area contributed by atoms with Gasteiger partial charge in [0.2, 0.25) is 0 Å². The maximum absolute atomic E-state index is 12.0. The van der Waals surface area contributed by atoms with Crippen molar-refractivity contribution >= 4 is 16.5 Å². The van der Waals surface area contributed by atoms with Gasteiger partial charge in [-0.15, -0.1) is 0 Å². The van der Waals surface area contributed by atoms with Crippen molar-refractivity contribution in [2.45, 2.75) is 0 Å². The van der Waals surface area contributed by atoms with E-state index in [4.69, 9.17) is 6.67 Å². The highest BCUT2D eigenvalue weighted by Crippen LogP contribution is 2.24. The van der Waals surface area contributed by atoms with Crippen LogP contribution in [0.15, 0.2) is 65.7 Å². The van der Waals surface area contributed by atoms with Crippen LogP contribution in [0.4, 0.5) is 0 Å². The summed E-state index contributed by atoms with van der Waals surface area (Å²) in [6, 6.07) is 16.7. The standard InChI is InChI=1S/C17H11N3O/c18-9-8-14(12-4-2-1-3-5-12)13-6-7-16-15(10-13)17(21)20-11-19-16/h1-8,10-11H,(H,19,20,21)/i/hD. The normalized spacial score (nSPS) is 12.0. The summed E-state index contributed by atoms with van der Waals surface area (Å²) in [7, 11) is 0. The number of benzene rings is 2. The lowest BCUT2D eigenvalue weighted by Crippen LogP contribution is -2.06. The second-order valence-corrected chi connectivity index (χ2v) is 4.46. The molecule has 0 atom stereocenters. The number of nitrogens with zero attached hydrogens (tertiary/aromatic N) is 2. The average molecular weight is 274 g/mol. The molecule has 4 nitrogen and oxygen atoms in total. The summed E-state index contributed by atoms with van der Waals surface area (Å²) in [5.41, 5.74) is 2.45. The van der Waals surface area contributed by atoms with E-state index in [1.54, 1.807) is 12.1 Å². The van der Waals surface area contributed by atoms with Gasteiger partial charge in [0.15, 0.2) is 1.41 Å². The lowest BCUT2D eigenvalue weighted by Gasteiger charge is -2.07. The van der Waals surface area contributed by atoms with Crippen molar-refractivity contribution in [1.29, 1.82) is 5.26 Å². The third kappa shape index (κ3) is 2.45. The number of hydrogen-bond donors (Lipinski definition) is 1. The Morgan fingerprint density at radius 1 is 1.24 bits per heavy atom. The van der Waals surface area contributed by atoms with Crippen molar-refractivity contribution in [2.75, 3.05) is 0 Å². The first-order chi connectivity index (χ1) is 10.7. The Morgan fingerprint density at radius 2 is 2.05 bits per heavy atom. The number of nitriles is 1. The monoisotopic (exact) mass is 274 g/mol. The van der Waals surface area contributed by atoms with E-state index in [0.717, 1.165) is 16.7 Å². The van der Waals surface area contributed by atoms with Crippen LogP contribution in [-0.2, 0) is 0 Å². The fraction of sp³-hybridized carbons (Fsp3) is 0. The molecule has 0 aliphatic heterocycles. The molecule has 21 heavy (non-hydrogen) atoms. The molecule has 0 saturated heterocycles. The first-order valence-electron chi connectivity index (χ1n) is 6.81. The summed E-state index contributed by atoms with van der Waals surface area (Å²) < 4.78 is 7.50. The summed E-state index contributed by atoms with van der Waals surface area (Å²) in [5.74, 6) is 0. The predicted octanol–water partition coefficient (Wildman–Crippen LogP) is 2.88. The largest absolute Gasteiger partial charge is 0.313 e. The Hall–Kier alpha value is -3.19. The van der Waals surface area contributed by atoms with Crippen molar-refractivity contribution in [2.24, 2.45) is 0 Å². The number of aromatic amines is 1. The molecule has 3 aromatic rings. The van der Waals surface area contributed by atoms with Crippen molar-refractivity contribution in [3.05, 3.63) is 82.4 Å². The highest BCUT2D eigenvalue weighted by atomic mass is 16.1. The van der Waals surface area contributed by atoms with Crippen molar-refractivity contribution in [3.8, 4) is 6.07 Å². The molecule has 0 aliphatic carbocycles. The van der Waals surface area contributed by atoms with E-state index in [1.807, 2.05) is 42.5 Å². The third-order valence-electron chi connectivity index (χ3n) is 3.20. The van der Waals surface area contributed by atoms with Gasteiger partial charge in [-0.1, -0.05) is 36.4 Å². The van der Waals surface area contributed by atoms with Crippen LogP contribution in [0, 0.1) is 11.3 Å². The van der Waals surface area contributed by atoms with Crippen LogP contribution in [0.5, 0.6) is 0 Å². The smallest absolute Gasteiger partial charge is 0.258 e. The summed E-state index contributed by atoms with van der Waals surface area (Å²) in [6.45, 7) is 0. The molecule has 0 aliphatic rings. The van der Waals surface area contributed by atoms with Gasteiger partial charge in [-0.3, -0.25) is 4.79 Å². The van der Waals surface area contributed by atoms with Crippen LogP contribution in [-0.4, -0.2) is 9.96 Å². The molecule has 0 amide bonds. The van der Waals surface area contributed by atoms with Crippen molar-refractivity contribution in [3.63, 3.8) is 0 Å². The first-order valence-corrected chi connectivity index (χ1v) is 6.37. The van der Waals surface area contributed by atoms with Crippen molar-refractivity contribution < 1.29 is 1.41 Å². The predicted molar refractivity (Wildman–Crippen MR) is 81.5 cm³/mol. The molecule has 1 aromatic heterocycles. The van der Waals surface area contributed by atoms with Gasteiger partial charge in [-0.25, -0.2) is 4.98 Å². The molecule has 0 saturated carbocycles. The highest BCUT2D eigenvalue weighted by molar-refractivity contribution is 5.87. The van der Waals surface area contributed by atoms with Gasteiger partial charge in [0.05, 0.1) is 23.3 Å². The van der Waals surface area contributed by atoms with Gasteiger partial charge in [0, 0.05) is 6.08 Å². The van der Waals surface area contributed by atoms with Gasteiger partial charge in [-0.2, -0.15) is 5.26 Å². The van der Waals surface area contributed by atoms with Crippen LogP contribution in [0.3, 0.4) is 0 Å². The van der Waals surface area contributed by atoms with Crippen LogP contribution in [0.1, 0.15) is 11.1 Å². The zero-order valence-corrected chi connectivity index (χ0v) is 11.0. The van der Waals surface area contributed by atoms with Gasteiger partial charge in [-0.05, 0) is 28.8 Å². The van der Waals surface area contributed by atoms with Gasteiger partial charge >= 0.3 is 0 Å². The number of rotatable bonds is 2. The Labute approximate surface area is 122 Å². The molecule has 0 spiro atoms. The summed E-state index contributed by atoms with van der Waals surface area (Å²) in [5, 5.41) is 9.39. The number of allylic oxidation sites excluding steroid dienone is 1. The van der Waals surface area contributed by atoms with E-state index >= 15 is 0 Å². The van der Waals surface area contributed by atoms with Gasteiger partial charge < -0.3 is 4.98 Å². The molecule has 0 fully saturated rings. The molecule has 4 heteroatoms. The van der Waals surface area contributed by atoms with Crippen LogP contribution in [0.25, 0.3) is 16.5 Å². The number of aromatic nitrogens is 2. The summed E-state index contributed by atoms with van der Waals surface area (Å²) in [4.78, 5) is 16.8. The Bertz CT molecular complexity index is 969. The summed E-state index contributed by atoms with van der Waals surface area (Å²) in [6.07, 6.45) is 2.62. The van der Waals surface area contributed by atoms with E-state index in [9.17, 15) is 4.79 Å². The minimum absolute atomic E-state index is 0.356. The quantitative estimate of drug-likeness (QED) is 0.730. The van der Waals surface area contributed by atoms with Crippen LogP contribution < -0.4 is 5.56 Å². The van der Waals surface area contributed by atoms with Gasteiger partial charge in [0.1, 0.15) is 0 Å². The Morgan fingerprint density at radius 3 is 2.81 bits per heavy atom. The van der Waals surface area contributed by atoms with E-state index in [1.165, 1.54) is 12.4 Å². The molecule has 1 heterocycles. The molecule has 0 bridgehead atoms. The van der Waals surface area contributed by atoms with Crippen molar-refractivity contribution in [1.82, 2.24) is 9.96 Å². The molecule has 100 valence electrons. The number of hydrogen-bond acceptors (Lipinski definition) is 3. The Kier molecular flexibility index (Phi) is 3.01. The average Bonchev–Trinajstić information content (AvgIpc) is 2.57. The van der Waals surface area contributed by atoms with E-state index in [0.29, 0.717) is 15.9 Å². The molecular weight excluding hydrogens is 262 g/mol. The molecular formula is C17H11N3O. The molecule has 2 aromatic carbocycles. The van der Waals surface area contributed by atoms with E-state index in [-0.39, 0.29) is 0 Å². The maximum Gasteiger partial charge on any atom is 0.258 e. The third-order valence-corrected chi connectivity index (χ3v) is 3.20. The number of nitrogens with one attached hydrogen (secondary N) is 1. The van der Waals surface area contributed by atoms with E-state index < -0.39 is 5.56 Å². The maximum atomic E-state index is 12.0. The highest BCUT2D eigenvalue weighted by Gasteiger charge is 2.07. The lowest BCUT2D eigenvalue weighted by atomic mass is 9.97.